The van der Waals surface area contributed by atoms with Crippen molar-refractivity contribution in [3.8, 4) is 0 Å². The molecule has 2 aliphatic rings. The van der Waals surface area contributed by atoms with Crippen molar-refractivity contribution in [1.29, 1.82) is 0 Å². The monoisotopic (exact) mass is 376 g/mol. The van der Waals surface area contributed by atoms with Crippen molar-refractivity contribution in [2.75, 3.05) is 19.6 Å². The van der Waals surface area contributed by atoms with Gasteiger partial charge >= 0.3 is 5.97 Å². The van der Waals surface area contributed by atoms with E-state index in [0.29, 0.717) is 35.0 Å². The molecule has 7 nitrogen and oxygen atoms in total. The number of carboxylic acid groups (broad SMARTS) is 1. The predicted octanol–water partition coefficient (Wildman–Crippen LogP) is 1.97. The summed E-state index contributed by atoms with van der Waals surface area (Å²) in [6, 6.07) is 2.67. The number of hydrogen-bond acceptors (Lipinski definition) is 4. The van der Waals surface area contributed by atoms with Gasteiger partial charge in [0, 0.05) is 12.7 Å². The van der Waals surface area contributed by atoms with Crippen molar-refractivity contribution in [2.45, 2.75) is 32.2 Å². The highest BCUT2D eigenvalue weighted by Crippen LogP contribution is 2.42. The SMILES string of the molecule is Cc1nc2ccc(Cl)cn2c1C(=O)N1CC2(CCNCC2)CC1C(=O)O. The predicted molar refractivity (Wildman–Crippen MR) is 96.6 cm³/mol. The van der Waals surface area contributed by atoms with Gasteiger partial charge in [-0.05, 0) is 56.8 Å². The van der Waals surface area contributed by atoms with Crippen LogP contribution < -0.4 is 5.32 Å². The summed E-state index contributed by atoms with van der Waals surface area (Å²) >= 11 is 6.09. The first-order chi connectivity index (χ1) is 12.4. The summed E-state index contributed by atoms with van der Waals surface area (Å²) in [5.41, 5.74) is 1.47. The smallest absolute Gasteiger partial charge is 0.326 e. The van der Waals surface area contributed by atoms with E-state index in [0.717, 1.165) is 25.9 Å². The van der Waals surface area contributed by atoms with Crippen LogP contribution in [0.5, 0.6) is 0 Å². The molecule has 2 aliphatic heterocycles. The molecule has 1 unspecified atom stereocenters. The summed E-state index contributed by atoms with van der Waals surface area (Å²) in [6.45, 7) is 3.95. The molecule has 2 aromatic heterocycles. The van der Waals surface area contributed by atoms with Crippen LogP contribution in [0.2, 0.25) is 5.02 Å². The molecule has 2 N–H and O–H groups in total. The number of carbonyl (C=O) groups excluding carboxylic acids is 1. The minimum atomic E-state index is -0.946. The average Bonchev–Trinajstić information content (AvgIpc) is 3.12. The third-order valence-electron chi connectivity index (χ3n) is 5.68. The van der Waals surface area contributed by atoms with Gasteiger partial charge in [-0.2, -0.15) is 0 Å². The third-order valence-corrected chi connectivity index (χ3v) is 5.90. The number of carboxylic acids is 1. The summed E-state index contributed by atoms with van der Waals surface area (Å²) in [5, 5.41) is 13.5. The van der Waals surface area contributed by atoms with Gasteiger partial charge in [0.15, 0.2) is 0 Å². The zero-order valence-electron chi connectivity index (χ0n) is 14.5. The fourth-order valence-corrected chi connectivity index (χ4v) is 4.50. The van der Waals surface area contributed by atoms with Crippen molar-refractivity contribution in [2.24, 2.45) is 5.41 Å². The van der Waals surface area contributed by atoms with Crippen LogP contribution >= 0.6 is 11.6 Å². The molecular weight excluding hydrogens is 356 g/mol. The Morgan fingerprint density at radius 1 is 1.35 bits per heavy atom. The van der Waals surface area contributed by atoms with Crippen molar-refractivity contribution in [3.63, 3.8) is 0 Å². The number of carbonyl (C=O) groups is 2. The Morgan fingerprint density at radius 2 is 2.08 bits per heavy atom. The van der Waals surface area contributed by atoms with Gasteiger partial charge in [0.25, 0.3) is 5.91 Å². The molecule has 26 heavy (non-hydrogen) atoms. The van der Waals surface area contributed by atoms with Crippen molar-refractivity contribution in [3.05, 3.63) is 34.7 Å². The molecule has 0 bridgehead atoms. The Kier molecular flexibility index (Phi) is 4.16. The first-order valence-corrected chi connectivity index (χ1v) is 9.17. The van der Waals surface area contributed by atoms with Gasteiger partial charge in [-0.15, -0.1) is 0 Å². The van der Waals surface area contributed by atoms with Gasteiger partial charge < -0.3 is 15.3 Å². The van der Waals surface area contributed by atoms with Gasteiger partial charge in [0.1, 0.15) is 17.4 Å². The molecule has 2 aromatic rings. The molecule has 0 radical (unpaired) electrons. The maximum absolute atomic E-state index is 13.3. The Balaban J connectivity index is 1.74. The van der Waals surface area contributed by atoms with Gasteiger partial charge in [-0.3, -0.25) is 9.20 Å². The Morgan fingerprint density at radius 3 is 2.77 bits per heavy atom. The largest absolute Gasteiger partial charge is 0.480 e. The highest BCUT2D eigenvalue weighted by molar-refractivity contribution is 6.30. The number of rotatable bonds is 2. The number of halogens is 1. The number of aliphatic carboxylic acids is 1. The van der Waals surface area contributed by atoms with E-state index in [1.165, 1.54) is 4.90 Å². The van der Waals surface area contributed by atoms with E-state index < -0.39 is 12.0 Å². The maximum Gasteiger partial charge on any atom is 0.326 e. The second-order valence-corrected chi connectivity index (χ2v) is 7.80. The Hall–Kier alpha value is -2.12. The normalized spacial score (nSPS) is 22.2. The fraction of sp³-hybridized carbons (Fsp3) is 0.500. The molecular formula is C18H21ClN4O3. The van der Waals surface area contributed by atoms with Crippen molar-refractivity contribution in [1.82, 2.24) is 19.6 Å². The van der Waals surface area contributed by atoms with Crippen LogP contribution in [-0.4, -0.2) is 56.9 Å². The van der Waals surface area contributed by atoms with Gasteiger partial charge in [-0.25, -0.2) is 9.78 Å². The molecule has 4 heterocycles. The minimum absolute atomic E-state index is 0.115. The van der Waals surface area contributed by atoms with Gasteiger partial charge in [0.2, 0.25) is 0 Å². The number of amides is 1. The molecule has 4 rings (SSSR count). The molecule has 8 heteroatoms. The number of pyridine rings is 1. The highest BCUT2D eigenvalue weighted by atomic mass is 35.5. The number of aromatic nitrogens is 2. The summed E-state index contributed by atoms with van der Waals surface area (Å²) in [7, 11) is 0. The van der Waals surface area contributed by atoms with Crippen molar-refractivity contribution < 1.29 is 14.7 Å². The zero-order valence-corrected chi connectivity index (χ0v) is 15.3. The summed E-state index contributed by atoms with van der Waals surface area (Å²) < 4.78 is 1.66. The van der Waals surface area contributed by atoms with E-state index in [-0.39, 0.29) is 11.3 Å². The highest BCUT2D eigenvalue weighted by Gasteiger charge is 2.49. The summed E-state index contributed by atoms with van der Waals surface area (Å²) in [4.78, 5) is 31.1. The van der Waals surface area contributed by atoms with Crippen molar-refractivity contribution >= 4 is 29.1 Å². The molecule has 138 valence electrons. The third kappa shape index (κ3) is 2.75. The lowest BCUT2D eigenvalue weighted by atomic mass is 9.77. The molecule has 0 aliphatic carbocycles. The number of piperidine rings is 1. The molecule has 1 atom stereocenters. The number of aryl methyl sites for hydroxylation is 1. The molecule has 0 saturated carbocycles. The second kappa shape index (κ2) is 6.25. The first kappa shape index (κ1) is 17.3. The lowest BCUT2D eigenvalue weighted by Gasteiger charge is -2.33. The van der Waals surface area contributed by atoms with Gasteiger partial charge in [0.05, 0.1) is 10.7 Å². The number of hydrogen-bond donors (Lipinski definition) is 2. The molecule has 1 amide bonds. The van der Waals surface area contributed by atoms with E-state index >= 15 is 0 Å². The van der Waals surface area contributed by atoms with E-state index in [4.69, 9.17) is 11.6 Å². The molecule has 1 spiro atoms. The Labute approximate surface area is 156 Å². The topological polar surface area (TPSA) is 86.9 Å². The molecule has 2 saturated heterocycles. The van der Waals surface area contributed by atoms with Crippen LogP contribution in [0, 0.1) is 12.3 Å². The van der Waals surface area contributed by atoms with Crippen LogP contribution in [0.3, 0.4) is 0 Å². The number of likely N-dealkylation sites (tertiary alicyclic amines) is 1. The van der Waals surface area contributed by atoms with E-state index in [1.807, 2.05) is 0 Å². The van der Waals surface area contributed by atoms with Crippen LogP contribution in [0.25, 0.3) is 5.65 Å². The second-order valence-electron chi connectivity index (χ2n) is 7.36. The maximum atomic E-state index is 13.3. The minimum Gasteiger partial charge on any atom is -0.480 e. The lowest BCUT2D eigenvalue weighted by Crippen LogP contribution is -2.42. The van der Waals surface area contributed by atoms with E-state index in [1.54, 1.807) is 29.7 Å². The van der Waals surface area contributed by atoms with Gasteiger partial charge in [-0.1, -0.05) is 11.6 Å². The number of imidazole rings is 1. The van der Waals surface area contributed by atoms with Crippen LogP contribution in [0.4, 0.5) is 0 Å². The molecule has 2 fully saturated rings. The van der Waals surface area contributed by atoms with E-state index in [2.05, 4.69) is 10.3 Å². The first-order valence-electron chi connectivity index (χ1n) is 8.79. The number of fused-ring (bicyclic) bond motifs is 1. The van der Waals surface area contributed by atoms with Crippen LogP contribution in [0.15, 0.2) is 18.3 Å². The molecule has 0 aromatic carbocycles. The van der Waals surface area contributed by atoms with E-state index in [9.17, 15) is 14.7 Å². The van der Waals surface area contributed by atoms with Crippen LogP contribution in [0.1, 0.15) is 35.4 Å². The summed E-state index contributed by atoms with van der Waals surface area (Å²) in [6.07, 6.45) is 3.93. The number of nitrogens with one attached hydrogen (secondary N) is 1. The quantitative estimate of drug-likeness (QED) is 0.836. The average molecular weight is 377 g/mol. The Bertz CT molecular complexity index is 888. The summed E-state index contributed by atoms with van der Waals surface area (Å²) in [5.74, 6) is -1.24. The standard InChI is InChI=1S/C18H21ClN4O3/c1-11-15(22-9-12(19)2-3-14(22)21-11)16(24)23-10-18(4-6-20-7-5-18)8-13(23)17(25)26/h2-3,9,13,20H,4-8,10H2,1H3,(H,25,26). The number of nitrogens with zero attached hydrogens (tertiary/aromatic N) is 3. The fourth-order valence-electron chi connectivity index (χ4n) is 4.34. The lowest BCUT2D eigenvalue weighted by molar-refractivity contribution is -0.141. The zero-order chi connectivity index (χ0) is 18.5. The van der Waals surface area contributed by atoms with Crippen LogP contribution in [-0.2, 0) is 4.79 Å².